The zero-order valence-electron chi connectivity index (χ0n) is 7.47. The van der Waals surface area contributed by atoms with Crippen LogP contribution in [0.2, 0.25) is 0 Å². The fourth-order valence-corrected chi connectivity index (χ4v) is 1.62. The van der Waals surface area contributed by atoms with Crippen molar-refractivity contribution >= 4 is 17.4 Å². The Balaban J connectivity index is 2.36. The van der Waals surface area contributed by atoms with Crippen molar-refractivity contribution in [1.29, 1.82) is 0 Å². The molecule has 0 spiro atoms. The number of thiophene rings is 1. The molecule has 0 bridgehead atoms. The smallest absolute Gasteiger partial charge is 0.0292 e. The molecule has 0 aliphatic rings. The lowest BCUT2D eigenvalue weighted by Gasteiger charge is -1.84. The van der Waals surface area contributed by atoms with E-state index in [-0.39, 0.29) is 0 Å². The van der Waals surface area contributed by atoms with Crippen molar-refractivity contribution in [2.45, 2.75) is 13.3 Å². The molecular formula is C9H11N3S. The van der Waals surface area contributed by atoms with Crippen LogP contribution in [0.5, 0.6) is 0 Å². The third-order valence-corrected chi connectivity index (χ3v) is 2.40. The minimum Gasteiger partial charge on any atom is -0.149 e. The molecule has 1 aromatic heterocycles. The van der Waals surface area contributed by atoms with Crippen molar-refractivity contribution < 1.29 is 0 Å². The molecule has 68 valence electrons. The van der Waals surface area contributed by atoms with Gasteiger partial charge in [-0.05, 0) is 35.9 Å². The predicted octanol–water partition coefficient (Wildman–Crippen LogP) is 3.77. The SMILES string of the molecule is Cc1cc(C=CCCN=[N+]=[N-])cs1. The quantitative estimate of drug-likeness (QED) is 0.302. The van der Waals surface area contributed by atoms with Crippen LogP contribution in [0.25, 0.3) is 16.5 Å². The first-order valence-corrected chi connectivity index (χ1v) is 4.93. The van der Waals surface area contributed by atoms with Gasteiger partial charge < -0.3 is 0 Å². The van der Waals surface area contributed by atoms with E-state index in [9.17, 15) is 0 Å². The lowest BCUT2D eigenvalue weighted by Crippen LogP contribution is -1.71. The van der Waals surface area contributed by atoms with Crippen LogP contribution in [-0.2, 0) is 0 Å². The second kappa shape index (κ2) is 5.41. The molecule has 0 fully saturated rings. The highest BCUT2D eigenvalue weighted by molar-refractivity contribution is 7.10. The van der Waals surface area contributed by atoms with Gasteiger partial charge in [0.2, 0.25) is 0 Å². The van der Waals surface area contributed by atoms with Crippen molar-refractivity contribution in [3.8, 4) is 0 Å². The Hall–Kier alpha value is -1.25. The summed E-state index contributed by atoms with van der Waals surface area (Å²) >= 11 is 1.74. The van der Waals surface area contributed by atoms with Gasteiger partial charge in [0.05, 0.1) is 0 Å². The van der Waals surface area contributed by atoms with Crippen LogP contribution in [0.3, 0.4) is 0 Å². The highest BCUT2D eigenvalue weighted by Crippen LogP contribution is 2.14. The van der Waals surface area contributed by atoms with Crippen molar-refractivity contribution in [2.75, 3.05) is 6.54 Å². The van der Waals surface area contributed by atoms with Gasteiger partial charge in [-0.3, -0.25) is 0 Å². The van der Waals surface area contributed by atoms with E-state index in [2.05, 4.69) is 34.5 Å². The van der Waals surface area contributed by atoms with Crippen molar-refractivity contribution in [2.24, 2.45) is 5.11 Å². The normalized spacial score (nSPS) is 10.2. The summed E-state index contributed by atoms with van der Waals surface area (Å²) in [6, 6.07) is 2.13. The van der Waals surface area contributed by atoms with Gasteiger partial charge in [-0.25, -0.2) is 0 Å². The van der Waals surface area contributed by atoms with E-state index in [1.54, 1.807) is 11.3 Å². The number of nitrogens with zero attached hydrogens (tertiary/aromatic N) is 3. The molecule has 0 radical (unpaired) electrons. The van der Waals surface area contributed by atoms with Gasteiger partial charge in [-0.2, -0.15) is 0 Å². The largest absolute Gasteiger partial charge is 0.149 e. The first-order valence-electron chi connectivity index (χ1n) is 4.05. The molecule has 0 amide bonds. The average Bonchev–Trinajstić information content (AvgIpc) is 2.51. The second-order valence-corrected chi connectivity index (χ2v) is 3.75. The zero-order chi connectivity index (χ0) is 9.52. The third kappa shape index (κ3) is 3.78. The Morgan fingerprint density at radius 1 is 1.69 bits per heavy atom. The van der Waals surface area contributed by atoms with Crippen LogP contribution < -0.4 is 0 Å². The molecule has 1 heterocycles. The molecule has 0 aromatic carbocycles. The predicted molar refractivity (Wildman–Crippen MR) is 56.7 cm³/mol. The van der Waals surface area contributed by atoms with Gasteiger partial charge >= 0.3 is 0 Å². The van der Waals surface area contributed by atoms with Crippen LogP contribution >= 0.6 is 11.3 Å². The Labute approximate surface area is 81.3 Å². The van der Waals surface area contributed by atoms with Crippen LogP contribution in [0.15, 0.2) is 22.6 Å². The Kier molecular flexibility index (Phi) is 4.09. The summed E-state index contributed by atoms with van der Waals surface area (Å²) in [5.41, 5.74) is 9.25. The monoisotopic (exact) mass is 193 g/mol. The summed E-state index contributed by atoms with van der Waals surface area (Å²) in [6.07, 6.45) is 4.88. The van der Waals surface area contributed by atoms with E-state index >= 15 is 0 Å². The zero-order valence-corrected chi connectivity index (χ0v) is 8.29. The number of rotatable bonds is 4. The standard InChI is InChI=1S/C9H11N3S/c1-8-6-9(7-13-8)4-2-3-5-11-12-10/h2,4,6-7H,3,5H2,1H3. The number of aryl methyl sites for hydroxylation is 1. The minimum atomic E-state index is 0.538. The van der Waals surface area contributed by atoms with Crippen LogP contribution in [-0.4, -0.2) is 6.54 Å². The van der Waals surface area contributed by atoms with Crippen LogP contribution in [0, 0.1) is 6.92 Å². The van der Waals surface area contributed by atoms with Crippen molar-refractivity contribution in [3.63, 3.8) is 0 Å². The molecule has 0 saturated heterocycles. The summed E-state index contributed by atoms with van der Waals surface area (Å²) in [7, 11) is 0. The highest BCUT2D eigenvalue weighted by Gasteiger charge is 1.89. The molecule has 1 aromatic rings. The molecule has 0 atom stereocenters. The van der Waals surface area contributed by atoms with E-state index < -0.39 is 0 Å². The molecule has 3 nitrogen and oxygen atoms in total. The maximum absolute atomic E-state index is 8.02. The molecule has 0 aliphatic carbocycles. The van der Waals surface area contributed by atoms with Crippen LogP contribution in [0.1, 0.15) is 16.9 Å². The number of hydrogen-bond acceptors (Lipinski definition) is 2. The summed E-state index contributed by atoms with van der Waals surface area (Å²) in [4.78, 5) is 3.99. The number of hydrogen-bond donors (Lipinski definition) is 0. The Morgan fingerprint density at radius 2 is 2.54 bits per heavy atom. The summed E-state index contributed by atoms with van der Waals surface area (Å²) < 4.78 is 0. The minimum absolute atomic E-state index is 0.538. The molecule has 1 rings (SSSR count). The summed E-state index contributed by atoms with van der Waals surface area (Å²) in [5, 5.41) is 5.55. The maximum Gasteiger partial charge on any atom is 0.0292 e. The molecule has 0 aliphatic heterocycles. The first-order chi connectivity index (χ1) is 6.33. The fourth-order valence-electron chi connectivity index (χ4n) is 0.948. The van der Waals surface area contributed by atoms with E-state index in [0.29, 0.717) is 6.54 Å². The Bertz CT molecular complexity index is 334. The summed E-state index contributed by atoms with van der Waals surface area (Å²) in [5.74, 6) is 0. The topological polar surface area (TPSA) is 48.8 Å². The second-order valence-electron chi connectivity index (χ2n) is 2.64. The Morgan fingerprint density at radius 3 is 3.15 bits per heavy atom. The van der Waals surface area contributed by atoms with Crippen LogP contribution in [0.4, 0.5) is 0 Å². The highest BCUT2D eigenvalue weighted by atomic mass is 32.1. The van der Waals surface area contributed by atoms with E-state index in [0.717, 1.165) is 6.42 Å². The van der Waals surface area contributed by atoms with Gasteiger partial charge in [0.25, 0.3) is 0 Å². The third-order valence-electron chi connectivity index (χ3n) is 1.52. The maximum atomic E-state index is 8.02. The lowest BCUT2D eigenvalue weighted by molar-refractivity contribution is 0.996. The van der Waals surface area contributed by atoms with E-state index in [4.69, 9.17) is 5.53 Å². The van der Waals surface area contributed by atoms with E-state index in [1.165, 1.54) is 10.4 Å². The van der Waals surface area contributed by atoms with Gasteiger partial charge in [0.1, 0.15) is 0 Å². The van der Waals surface area contributed by atoms with Crippen molar-refractivity contribution in [3.05, 3.63) is 38.4 Å². The molecular weight excluding hydrogens is 182 g/mol. The molecule has 0 unspecified atom stereocenters. The molecule has 4 heteroatoms. The molecule has 13 heavy (non-hydrogen) atoms. The fraction of sp³-hybridized carbons (Fsp3) is 0.333. The average molecular weight is 193 g/mol. The molecule has 0 saturated carbocycles. The van der Waals surface area contributed by atoms with E-state index in [1.807, 2.05) is 6.08 Å². The number of azide groups is 1. The first kappa shape index (κ1) is 9.84. The van der Waals surface area contributed by atoms with Gasteiger partial charge in [-0.1, -0.05) is 17.3 Å². The molecule has 0 N–H and O–H groups in total. The van der Waals surface area contributed by atoms with Gasteiger partial charge in [0.15, 0.2) is 0 Å². The lowest BCUT2D eigenvalue weighted by atomic mass is 10.2. The van der Waals surface area contributed by atoms with Gasteiger partial charge in [0, 0.05) is 16.3 Å². The summed E-state index contributed by atoms with van der Waals surface area (Å²) in [6.45, 7) is 2.62. The van der Waals surface area contributed by atoms with Gasteiger partial charge in [-0.15, -0.1) is 11.3 Å². The van der Waals surface area contributed by atoms with Crippen molar-refractivity contribution in [1.82, 2.24) is 0 Å².